The van der Waals surface area contributed by atoms with E-state index in [1.165, 1.54) is 37.9 Å². The predicted octanol–water partition coefficient (Wildman–Crippen LogP) is 3.05. The summed E-state index contributed by atoms with van der Waals surface area (Å²) in [5.74, 6) is 2.22. The summed E-state index contributed by atoms with van der Waals surface area (Å²) in [5.41, 5.74) is 1.28. The smallest absolute Gasteiger partial charge is 0.223 e. The lowest BCUT2D eigenvalue weighted by Crippen LogP contribution is -2.29. The molecule has 1 aliphatic heterocycles. The van der Waals surface area contributed by atoms with Gasteiger partial charge in [-0.25, -0.2) is 4.68 Å². The summed E-state index contributed by atoms with van der Waals surface area (Å²) in [7, 11) is 5.36. The molecule has 8 nitrogen and oxygen atoms in total. The van der Waals surface area contributed by atoms with E-state index >= 15 is 0 Å². The van der Waals surface area contributed by atoms with Gasteiger partial charge < -0.3 is 15.0 Å². The molecule has 2 aromatic rings. The van der Waals surface area contributed by atoms with Crippen LogP contribution in [0.3, 0.4) is 0 Å². The van der Waals surface area contributed by atoms with Crippen LogP contribution in [0.5, 0.6) is 5.75 Å². The molecular weight excluding hydrogens is 392 g/mol. The highest BCUT2D eigenvalue weighted by Gasteiger charge is 2.16. The fraction of sp³-hybridized carbons (Fsp3) is 0.609. The van der Waals surface area contributed by atoms with Crippen molar-refractivity contribution < 1.29 is 9.53 Å². The van der Waals surface area contributed by atoms with Gasteiger partial charge in [-0.1, -0.05) is 25.5 Å². The van der Waals surface area contributed by atoms with Gasteiger partial charge in [-0.05, 0) is 43.6 Å². The minimum atomic E-state index is -0.218. The molecule has 1 aliphatic rings. The van der Waals surface area contributed by atoms with Gasteiger partial charge in [0.15, 0.2) is 12.1 Å². The first kappa shape index (κ1) is 23.1. The SMILES string of the molecule is CCC(Nc1nc(CCC(=O)N(C)C)nn1C)Oc1cccc(CN2CCCCC2)c1. The Hall–Kier alpha value is -2.61. The summed E-state index contributed by atoms with van der Waals surface area (Å²) < 4.78 is 7.92. The van der Waals surface area contributed by atoms with E-state index in [9.17, 15) is 4.79 Å². The molecule has 1 aromatic carbocycles. The summed E-state index contributed by atoms with van der Waals surface area (Å²) in [6, 6.07) is 8.36. The number of aromatic nitrogens is 3. The van der Waals surface area contributed by atoms with E-state index in [0.717, 1.165) is 18.7 Å². The maximum atomic E-state index is 11.8. The van der Waals surface area contributed by atoms with Crippen LogP contribution in [0, 0.1) is 0 Å². The first-order valence-electron chi connectivity index (χ1n) is 11.3. The van der Waals surface area contributed by atoms with Gasteiger partial charge in [0, 0.05) is 47.0 Å². The number of nitrogens with one attached hydrogen (secondary N) is 1. The van der Waals surface area contributed by atoms with Crippen LogP contribution in [0.2, 0.25) is 0 Å². The highest BCUT2D eigenvalue weighted by Crippen LogP contribution is 2.20. The van der Waals surface area contributed by atoms with Crippen LogP contribution in [0.15, 0.2) is 24.3 Å². The summed E-state index contributed by atoms with van der Waals surface area (Å²) in [4.78, 5) is 20.5. The molecule has 1 N–H and O–H groups in total. The number of rotatable bonds is 10. The predicted molar refractivity (Wildman–Crippen MR) is 122 cm³/mol. The molecule has 1 atom stereocenters. The normalized spacial score (nSPS) is 15.5. The Morgan fingerprint density at radius 2 is 2.03 bits per heavy atom. The van der Waals surface area contributed by atoms with E-state index < -0.39 is 0 Å². The summed E-state index contributed by atoms with van der Waals surface area (Å²) in [6.07, 6.45) is 5.40. The third-order valence-corrected chi connectivity index (χ3v) is 5.56. The van der Waals surface area contributed by atoms with Crippen molar-refractivity contribution in [1.29, 1.82) is 0 Å². The highest BCUT2D eigenvalue weighted by atomic mass is 16.5. The number of amides is 1. The number of nitrogens with zero attached hydrogens (tertiary/aromatic N) is 5. The number of hydrogen-bond acceptors (Lipinski definition) is 6. The fourth-order valence-corrected chi connectivity index (χ4v) is 3.73. The molecule has 1 aromatic heterocycles. The van der Waals surface area contributed by atoms with Gasteiger partial charge in [-0.2, -0.15) is 10.1 Å². The van der Waals surface area contributed by atoms with Crippen LogP contribution in [-0.2, 0) is 24.8 Å². The number of hydrogen-bond donors (Lipinski definition) is 1. The van der Waals surface area contributed by atoms with Crippen molar-refractivity contribution in [2.75, 3.05) is 32.5 Å². The molecule has 2 heterocycles. The Balaban J connectivity index is 1.58. The van der Waals surface area contributed by atoms with Crippen LogP contribution in [-0.4, -0.2) is 63.9 Å². The number of piperidine rings is 1. The number of carbonyl (C=O) groups excluding carboxylic acids is 1. The van der Waals surface area contributed by atoms with Crippen molar-refractivity contribution >= 4 is 11.9 Å². The third kappa shape index (κ3) is 6.95. The van der Waals surface area contributed by atoms with Gasteiger partial charge >= 0.3 is 0 Å². The van der Waals surface area contributed by atoms with Crippen LogP contribution >= 0.6 is 0 Å². The van der Waals surface area contributed by atoms with E-state index in [2.05, 4.69) is 45.4 Å². The van der Waals surface area contributed by atoms with Gasteiger partial charge in [0.25, 0.3) is 0 Å². The van der Waals surface area contributed by atoms with Crippen molar-refractivity contribution in [3.8, 4) is 5.75 Å². The third-order valence-electron chi connectivity index (χ3n) is 5.56. The first-order valence-corrected chi connectivity index (χ1v) is 11.3. The van der Waals surface area contributed by atoms with E-state index in [4.69, 9.17) is 4.74 Å². The van der Waals surface area contributed by atoms with E-state index in [-0.39, 0.29) is 12.1 Å². The number of benzene rings is 1. The minimum absolute atomic E-state index is 0.0705. The molecule has 0 aliphatic carbocycles. The molecule has 170 valence electrons. The second kappa shape index (κ2) is 11.1. The number of anilines is 1. The van der Waals surface area contributed by atoms with Crippen LogP contribution in [0.25, 0.3) is 0 Å². The lowest BCUT2D eigenvalue weighted by Gasteiger charge is -2.26. The van der Waals surface area contributed by atoms with Gasteiger partial charge in [-0.3, -0.25) is 9.69 Å². The van der Waals surface area contributed by atoms with Crippen LogP contribution in [0.1, 0.15) is 50.4 Å². The fourth-order valence-electron chi connectivity index (χ4n) is 3.73. The van der Waals surface area contributed by atoms with Crippen LogP contribution in [0.4, 0.5) is 5.95 Å². The largest absolute Gasteiger partial charge is 0.471 e. The first-order chi connectivity index (χ1) is 14.9. The topological polar surface area (TPSA) is 75.5 Å². The second-order valence-corrected chi connectivity index (χ2v) is 8.41. The molecule has 0 spiro atoms. The van der Waals surface area contributed by atoms with Crippen LogP contribution < -0.4 is 10.1 Å². The minimum Gasteiger partial charge on any atom is -0.471 e. The van der Waals surface area contributed by atoms with E-state index in [1.807, 2.05) is 13.1 Å². The number of likely N-dealkylation sites (tertiary alicyclic amines) is 1. The molecule has 0 radical (unpaired) electrons. The Bertz CT molecular complexity index is 844. The Morgan fingerprint density at radius 3 is 2.74 bits per heavy atom. The highest BCUT2D eigenvalue weighted by molar-refractivity contribution is 5.75. The maximum Gasteiger partial charge on any atom is 0.223 e. The standard InChI is InChI=1S/C23H36N6O2/c1-5-21(25-23-24-20(26-28(23)4)12-13-22(30)27(2)3)31-19-11-9-10-18(16-19)17-29-14-7-6-8-15-29/h9-11,16,21H,5-8,12-15,17H2,1-4H3,(H,24,25,26). The van der Waals surface area contributed by atoms with Crippen molar-refractivity contribution in [2.45, 2.75) is 58.2 Å². The zero-order valence-electron chi connectivity index (χ0n) is 19.3. The van der Waals surface area contributed by atoms with Crippen molar-refractivity contribution in [2.24, 2.45) is 7.05 Å². The molecule has 31 heavy (non-hydrogen) atoms. The zero-order valence-corrected chi connectivity index (χ0v) is 19.3. The van der Waals surface area contributed by atoms with Crippen molar-refractivity contribution in [3.63, 3.8) is 0 Å². The van der Waals surface area contributed by atoms with Gasteiger partial charge in [0.05, 0.1) is 0 Å². The van der Waals surface area contributed by atoms with Gasteiger partial charge in [-0.15, -0.1) is 0 Å². The Kier molecular flexibility index (Phi) is 8.28. The monoisotopic (exact) mass is 428 g/mol. The van der Waals surface area contributed by atoms with Crippen molar-refractivity contribution in [1.82, 2.24) is 24.6 Å². The second-order valence-electron chi connectivity index (χ2n) is 8.41. The number of aryl methyl sites for hydroxylation is 2. The van der Waals surface area contributed by atoms with E-state index in [1.54, 1.807) is 23.7 Å². The molecule has 1 unspecified atom stereocenters. The molecule has 1 fully saturated rings. The zero-order chi connectivity index (χ0) is 22.2. The average molecular weight is 429 g/mol. The maximum absolute atomic E-state index is 11.8. The molecule has 1 saturated heterocycles. The quantitative estimate of drug-likeness (QED) is 0.586. The number of ether oxygens (including phenoxy) is 1. The molecule has 8 heteroatoms. The molecule has 1 amide bonds. The lowest BCUT2D eigenvalue weighted by molar-refractivity contribution is -0.128. The summed E-state index contributed by atoms with van der Waals surface area (Å²) in [5, 5.41) is 7.77. The summed E-state index contributed by atoms with van der Waals surface area (Å²) >= 11 is 0. The lowest BCUT2D eigenvalue weighted by atomic mass is 10.1. The van der Waals surface area contributed by atoms with E-state index in [0.29, 0.717) is 24.6 Å². The Morgan fingerprint density at radius 1 is 1.26 bits per heavy atom. The average Bonchev–Trinajstić information content (AvgIpc) is 3.11. The van der Waals surface area contributed by atoms with Gasteiger partial charge in [0.2, 0.25) is 11.9 Å². The molecule has 0 bridgehead atoms. The van der Waals surface area contributed by atoms with Crippen molar-refractivity contribution in [3.05, 3.63) is 35.7 Å². The molecule has 3 rings (SSSR count). The van der Waals surface area contributed by atoms with Gasteiger partial charge in [0.1, 0.15) is 5.75 Å². The Labute approximate surface area is 185 Å². The number of carbonyl (C=O) groups is 1. The molecular formula is C23H36N6O2. The summed E-state index contributed by atoms with van der Waals surface area (Å²) in [6.45, 7) is 5.40. The molecule has 0 saturated carbocycles.